The van der Waals surface area contributed by atoms with E-state index in [1.807, 2.05) is 0 Å². The van der Waals surface area contributed by atoms with E-state index in [4.69, 9.17) is 5.11 Å². The summed E-state index contributed by atoms with van der Waals surface area (Å²) in [5.41, 5.74) is 0.842. The van der Waals surface area contributed by atoms with Gasteiger partial charge in [-0.25, -0.2) is 4.79 Å². The van der Waals surface area contributed by atoms with E-state index in [0.717, 1.165) is 18.4 Å². The summed E-state index contributed by atoms with van der Waals surface area (Å²) in [5.74, 6) is -0.979. The van der Waals surface area contributed by atoms with Crippen LogP contribution in [-0.4, -0.2) is 41.1 Å². The SMILES string of the molecule is C=C(C)CNC(=O)N(CC(=O)O)C1CC1. The van der Waals surface area contributed by atoms with Crippen molar-refractivity contribution in [3.8, 4) is 0 Å². The molecule has 0 aromatic carbocycles. The van der Waals surface area contributed by atoms with Gasteiger partial charge in [0.05, 0.1) is 0 Å². The minimum Gasteiger partial charge on any atom is -0.480 e. The number of nitrogens with one attached hydrogen (secondary N) is 1. The average molecular weight is 212 g/mol. The molecule has 2 amide bonds. The molecule has 84 valence electrons. The van der Waals surface area contributed by atoms with Crippen molar-refractivity contribution in [3.63, 3.8) is 0 Å². The van der Waals surface area contributed by atoms with Gasteiger partial charge in [-0.05, 0) is 19.8 Å². The molecule has 0 radical (unpaired) electrons. The van der Waals surface area contributed by atoms with E-state index >= 15 is 0 Å². The predicted octanol–water partition coefficient (Wildman–Crippen LogP) is 0.821. The number of hydrogen-bond donors (Lipinski definition) is 2. The van der Waals surface area contributed by atoms with Crippen LogP contribution in [0.3, 0.4) is 0 Å². The Morgan fingerprint density at radius 2 is 2.13 bits per heavy atom. The van der Waals surface area contributed by atoms with Crippen molar-refractivity contribution in [1.82, 2.24) is 10.2 Å². The monoisotopic (exact) mass is 212 g/mol. The van der Waals surface area contributed by atoms with E-state index in [1.165, 1.54) is 4.90 Å². The summed E-state index contributed by atoms with van der Waals surface area (Å²) in [4.78, 5) is 23.5. The van der Waals surface area contributed by atoms with E-state index < -0.39 is 5.97 Å². The fourth-order valence-electron chi connectivity index (χ4n) is 1.23. The van der Waals surface area contributed by atoms with Crippen LogP contribution in [0.4, 0.5) is 4.79 Å². The van der Waals surface area contributed by atoms with E-state index in [1.54, 1.807) is 6.92 Å². The molecular formula is C10H16N2O3. The number of nitrogens with zero attached hydrogens (tertiary/aromatic N) is 1. The number of aliphatic carboxylic acids is 1. The van der Waals surface area contributed by atoms with Gasteiger partial charge in [0, 0.05) is 12.6 Å². The van der Waals surface area contributed by atoms with Gasteiger partial charge in [0.2, 0.25) is 0 Å². The summed E-state index contributed by atoms with van der Waals surface area (Å²) >= 11 is 0. The molecule has 1 aliphatic rings. The number of hydrogen-bond acceptors (Lipinski definition) is 2. The Morgan fingerprint density at radius 1 is 1.53 bits per heavy atom. The fourth-order valence-corrected chi connectivity index (χ4v) is 1.23. The van der Waals surface area contributed by atoms with Crippen molar-refractivity contribution in [3.05, 3.63) is 12.2 Å². The Labute approximate surface area is 88.8 Å². The lowest BCUT2D eigenvalue weighted by atomic mass is 10.3. The zero-order chi connectivity index (χ0) is 11.4. The molecule has 0 unspecified atom stereocenters. The van der Waals surface area contributed by atoms with Crippen molar-refractivity contribution in [1.29, 1.82) is 0 Å². The average Bonchev–Trinajstić information content (AvgIpc) is 2.93. The van der Waals surface area contributed by atoms with Crippen LogP contribution in [0.2, 0.25) is 0 Å². The molecule has 1 fully saturated rings. The summed E-state index contributed by atoms with van der Waals surface area (Å²) in [6.07, 6.45) is 1.79. The Morgan fingerprint density at radius 3 is 2.53 bits per heavy atom. The van der Waals surface area contributed by atoms with Gasteiger partial charge in [-0.15, -0.1) is 0 Å². The lowest BCUT2D eigenvalue weighted by Gasteiger charge is -2.20. The molecule has 0 heterocycles. The lowest BCUT2D eigenvalue weighted by molar-refractivity contribution is -0.137. The van der Waals surface area contributed by atoms with Gasteiger partial charge in [0.1, 0.15) is 6.54 Å². The molecule has 15 heavy (non-hydrogen) atoms. The molecule has 0 aromatic rings. The molecule has 0 aromatic heterocycles. The van der Waals surface area contributed by atoms with Crippen LogP contribution in [0.15, 0.2) is 12.2 Å². The van der Waals surface area contributed by atoms with Gasteiger partial charge in [-0.2, -0.15) is 0 Å². The van der Waals surface area contributed by atoms with Gasteiger partial charge in [-0.1, -0.05) is 12.2 Å². The summed E-state index contributed by atoms with van der Waals surface area (Å²) in [6, 6.07) is -0.214. The van der Waals surface area contributed by atoms with Gasteiger partial charge >= 0.3 is 12.0 Å². The van der Waals surface area contributed by atoms with E-state index in [-0.39, 0.29) is 18.6 Å². The van der Waals surface area contributed by atoms with Crippen molar-refractivity contribution in [2.24, 2.45) is 0 Å². The molecule has 0 spiro atoms. The number of carbonyl (C=O) groups excluding carboxylic acids is 1. The molecule has 0 bridgehead atoms. The molecule has 1 aliphatic carbocycles. The minimum absolute atomic E-state index is 0.103. The molecule has 2 N–H and O–H groups in total. The van der Waals surface area contributed by atoms with E-state index in [2.05, 4.69) is 11.9 Å². The zero-order valence-corrected chi connectivity index (χ0v) is 8.82. The largest absolute Gasteiger partial charge is 0.480 e. The normalized spacial score (nSPS) is 14.5. The van der Waals surface area contributed by atoms with Gasteiger partial charge < -0.3 is 15.3 Å². The van der Waals surface area contributed by atoms with Crippen LogP contribution in [0, 0.1) is 0 Å². The third-order valence-corrected chi connectivity index (χ3v) is 2.10. The Bertz CT molecular complexity index is 284. The first-order valence-corrected chi connectivity index (χ1v) is 4.91. The highest BCUT2D eigenvalue weighted by Crippen LogP contribution is 2.26. The second-order valence-corrected chi connectivity index (χ2v) is 3.87. The molecule has 1 rings (SSSR count). The predicted molar refractivity (Wildman–Crippen MR) is 55.6 cm³/mol. The van der Waals surface area contributed by atoms with Gasteiger partial charge in [0.15, 0.2) is 0 Å². The summed E-state index contributed by atoms with van der Waals surface area (Å²) in [6.45, 7) is 5.62. The second-order valence-electron chi connectivity index (χ2n) is 3.87. The van der Waals surface area contributed by atoms with E-state index in [9.17, 15) is 9.59 Å². The van der Waals surface area contributed by atoms with Gasteiger partial charge in [-0.3, -0.25) is 4.79 Å². The smallest absolute Gasteiger partial charge is 0.323 e. The zero-order valence-electron chi connectivity index (χ0n) is 8.82. The molecule has 5 nitrogen and oxygen atoms in total. The number of rotatable bonds is 5. The van der Waals surface area contributed by atoms with E-state index in [0.29, 0.717) is 6.54 Å². The first kappa shape index (κ1) is 11.6. The fraction of sp³-hybridized carbons (Fsp3) is 0.600. The summed E-state index contributed by atoms with van der Waals surface area (Å²) in [5, 5.41) is 11.3. The van der Waals surface area contributed by atoms with Crippen molar-refractivity contribution in [2.75, 3.05) is 13.1 Å². The molecule has 1 saturated carbocycles. The van der Waals surface area contributed by atoms with Crippen LogP contribution in [0.1, 0.15) is 19.8 Å². The maximum atomic E-state index is 11.6. The van der Waals surface area contributed by atoms with Crippen LogP contribution in [0.25, 0.3) is 0 Å². The van der Waals surface area contributed by atoms with Crippen LogP contribution in [0.5, 0.6) is 0 Å². The summed E-state index contributed by atoms with van der Waals surface area (Å²) in [7, 11) is 0. The first-order valence-electron chi connectivity index (χ1n) is 4.91. The molecule has 0 atom stereocenters. The molecule has 0 saturated heterocycles. The minimum atomic E-state index is -0.979. The number of carbonyl (C=O) groups is 2. The lowest BCUT2D eigenvalue weighted by Crippen LogP contribution is -2.44. The molecular weight excluding hydrogens is 196 g/mol. The highest BCUT2D eigenvalue weighted by atomic mass is 16.4. The maximum absolute atomic E-state index is 11.6. The number of urea groups is 1. The van der Waals surface area contributed by atoms with Crippen molar-refractivity contribution >= 4 is 12.0 Å². The van der Waals surface area contributed by atoms with Crippen LogP contribution >= 0.6 is 0 Å². The quantitative estimate of drug-likeness (QED) is 0.663. The molecule has 0 aliphatic heterocycles. The number of amides is 2. The number of carboxylic acid groups (broad SMARTS) is 1. The third-order valence-electron chi connectivity index (χ3n) is 2.10. The van der Waals surface area contributed by atoms with Gasteiger partial charge in [0.25, 0.3) is 0 Å². The number of carboxylic acids is 1. The van der Waals surface area contributed by atoms with Crippen molar-refractivity contribution < 1.29 is 14.7 Å². The Hall–Kier alpha value is -1.52. The Kier molecular flexibility index (Phi) is 3.71. The van der Waals surface area contributed by atoms with Crippen molar-refractivity contribution in [2.45, 2.75) is 25.8 Å². The third kappa shape index (κ3) is 4.01. The highest BCUT2D eigenvalue weighted by molar-refractivity contribution is 5.80. The Balaban J connectivity index is 2.44. The standard InChI is InChI=1S/C10H16N2O3/c1-7(2)5-11-10(15)12(6-9(13)14)8-3-4-8/h8H,1,3-6H2,2H3,(H,11,15)(H,13,14). The van der Waals surface area contributed by atoms with Crippen LogP contribution in [-0.2, 0) is 4.79 Å². The topological polar surface area (TPSA) is 69.6 Å². The second kappa shape index (κ2) is 4.82. The first-order chi connectivity index (χ1) is 7.00. The maximum Gasteiger partial charge on any atom is 0.323 e. The highest BCUT2D eigenvalue weighted by Gasteiger charge is 2.33. The summed E-state index contributed by atoms with van der Waals surface area (Å²) < 4.78 is 0. The van der Waals surface area contributed by atoms with Crippen LogP contribution < -0.4 is 5.32 Å². The molecule has 5 heteroatoms.